The normalized spacial score (nSPS) is 17.0. The Balaban J connectivity index is 1.41. The summed E-state index contributed by atoms with van der Waals surface area (Å²) in [7, 11) is 0. The van der Waals surface area contributed by atoms with Gasteiger partial charge in [0.2, 0.25) is 0 Å². The molecule has 2 aromatic heterocycles. The van der Waals surface area contributed by atoms with E-state index in [0.717, 1.165) is 17.2 Å². The molecule has 0 N–H and O–H groups in total. The summed E-state index contributed by atoms with van der Waals surface area (Å²) >= 11 is 0. The van der Waals surface area contributed by atoms with Crippen LogP contribution in [0.5, 0.6) is 0 Å². The topological polar surface area (TPSA) is 88.0 Å². The number of nitrogens with zero attached hydrogens (tertiary/aromatic N) is 5. The summed E-state index contributed by atoms with van der Waals surface area (Å²) in [6.07, 6.45) is 1.73. The third-order valence-corrected chi connectivity index (χ3v) is 5.88. The van der Waals surface area contributed by atoms with E-state index in [1.807, 2.05) is 42.7 Å². The maximum absolute atomic E-state index is 13.2. The molecule has 2 aromatic rings. The van der Waals surface area contributed by atoms with E-state index < -0.39 is 11.8 Å². The Labute approximate surface area is 181 Å². The van der Waals surface area contributed by atoms with E-state index in [9.17, 15) is 14.4 Å². The number of carbonyl (C=O) groups excluding carboxylic acids is 3. The molecule has 4 rings (SSSR count). The number of morpholine rings is 1. The van der Waals surface area contributed by atoms with Gasteiger partial charge in [-0.3, -0.25) is 14.4 Å². The molecule has 9 nitrogen and oxygen atoms in total. The standard InChI is InChI=1S/C22H27N5O4/c1-16-15-18(17(2)27(16)19-5-3-4-6-23-19)20(28)24-7-9-25(10-8-24)21(29)22(30)26-11-13-31-14-12-26/h3-6,15H,7-14H2,1-2H3. The molecule has 2 aliphatic heterocycles. The van der Waals surface area contributed by atoms with Gasteiger partial charge in [-0.05, 0) is 32.0 Å². The third kappa shape index (κ3) is 4.18. The van der Waals surface area contributed by atoms with Gasteiger partial charge in [0.05, 0.1) is 18.8 Å². The van der Waals surface area contributed by atoms with Crippen LogP contribution in [0.3, 0.4) is 0 Å². The van der Waals surface area contributed by atoms with Gasteiger partial charge in [0.15, 0.2) is 0 Å². The van der Waals surface area contributed by atoms with Crippen LogP contribution in [0.25, 0.3) is 5.82 Å². The Morgan fingerprint density at radius 3 is 2.10 bits per heavy atom. The molecule has 0 unspecified atom stereocenters. The van der Waals surface area contributed by atoms with Crippen molar-refractivity contribution in [2.75, 3.05) is 52.5 Å². The molecule has 0 spiro atoms. The minimum Gasteiger partial charge on any atom is -0.378 e. The lowest BCUT2D eigenvalue weighted by Crippen LogP contribution is -2.55. The zero-order valence-electron chi connectivity index (χ0n) is 17.9. The highest BCUT2D eigenvalue weighted by Crippen LogP contribution is 2.21. The Morgan fingerprint density at radius 2 is 1.48 bits per heavy atom. The zero-order valence-corrected chi connectivity index (χ0v) is 17.9. The van der Waals surface area contributed by atoms with Gasteiger partial charge < -0.3 is 24.0 Å². The molecule has 0 saturated carbocycles. The largest absolute Gasteiger partial charge is 0.378 e. The molecular formula is C22H27N5O4. The van der Waals surface area contributed by atoms with Gasteiger partial charge in [-0.15, -0.1) is 0 Å². The van der Waals surface area contributed by atoms with E-state index in [-0.39, 0.29) is 5.91 Å². The van der Waals surface area contributed by atoms with Crippen molar-refractivity contribution in [3.63, 3.8) is 0 Å². The SMILES string of the molecule is Cc1cc(C(=O)N2CCN(C(=O)C(=O)N3CCOCC3)CC2)c(C)n1-c1ccccn1. The molecule has 2 saturated heterocycles. The van der Waals surface area contributed by atoms with E-state index in [0.29, 0.717) is 58.0 Å². The van der Waals surface area contributed by atoms with E-state index in [4.69, 9.17) is 4.74 Å². The molecular weight excluding hydrogens is 398 g/mol. The minimum atomic E-state index is -0.498. The number of hydrogen-bond acceptors (Lipinski definition) is 5. The lowest BCUT2D eigenvalue weighted by molar-refractivity contribution is -0.154. The van der Waals surface area contributed by atoms with Crippen LogP contribution >= 0.6 is 0 Å². The van der Waals surface area contributed by atoms with Crippen LogP contribution in [0.2, 0.25) is 0 Å². The third-order valence-electron chi connectivity index (χ3n) is 5.88. The van der Waals surface area contributed by atoms with Gasteiger partial charge >= 0.3 is 11.8 Å². The minimum absolute atomic E-state index is 0.0677. The molecule has 2 aliphatic rings. The van der Waals surface area contributed by atoms with Gasteiger partial charge in [-0.2, -0.15) is 0 Å². The van der Waals surface area contributed by atoms with Crippen molar-refractivity contribution < 1.29 is 19.1 Å². The summed E-state index contributed by atoms with van der Waals surface area (Å²) in [6, 6.07) is 7.56. The number of hydrogen-bond donors (Lipinski definition) is 0. The van der Waals surface area contributed by atoms with Gasteiger partial charge in [0, 0.05) is 56.9 Å². The Kier molecular flexibility index (Phi) is 6.03. The number of amides is 3. The maximum atomic E-state index is 13.2. The summed E-state index contributed by atoms with van der Waals surface area (Å²) < 4.78 is 7.20. The fourth-order valence-corrected chi connectivity index (χ4v) is 4.14. The molecule has 4 heterocycles. The van der Waals surface area contributed by atoms with Crippen molar-refractivity contribution >= 4 is 17.7 Å². The first-order chi connectivity index (χ1) is 15.0. The molecule has 0 aromatic carbocycles. The first-order valence-corrected chi connectivity index (χ1v) is 10.5. The highest BCUT2D eigenvalue weighted by atomic mass is 16.5. The summed E-state index contributed by atoms with van der Waals surface area (Å²) in [5, 5.41) is 0. The molecule has 164 valence electrons. The number of ether oxygens (including phenoxy) is 1. The predicted octanol–water partition coefficient (Wildman–Crippen LogP) is 0.632. The zero-order chi connectivity index (χ0) is 22.0. The lowest BCUT2D eigenvalue weighted by Gasteiger charge is -2.35. The molecule has 3 amide bonds. The average Bonchev–Trinajstić information content (AvgIpc) is 3.12. The van der Waals surface area contributed by atoms with Crippen LogP contribution in [0, 0.1) is 13.8 Å². The van der Waals surface area contributed by atoms with Crippen LogP contribution in [0.4, 0.5) is 0 Å². The van der Waals surface area contributed by atoms with Crippen LogP contribution < -0.4 is 0 Å². The van der Waals surface area contributed by atoms with Gasteiger partial charge in [-0.1, -0.05) is 6.07 Å². The first-order valence-electron chi connectivity index (χ1n) is 10.5. The number of pyridine rings is 1. The van der Waals surface area contributed by atoms with Gasteiger partial charge in [0.25, 0.3) is 5.91 Å². The van der Waals surface area contributed by atoms with Crippen molar-refractivity contribution in [2.45, 2.75) is 13.8 Å². The fraction of sp³-hybridized carbons (Fsp3) is 0.455. The first kappa shape index (κ1) is 21.0. The summed E-state index contributed by atoms with van der Waals surface area (Å²) in [5.41, 5.74) is 2.40. The van der Waals surface area contributed by atoms with Gasteiger partial charge in [-0.25, -0.2) is 4.98 Å². The van der Waals surface area contributed by atoms with E-state index >= 15 is 0 Å². The Hall–Kier alpha value is -3.20. The summed E-state index contributed by atoms with van der Waals surface area (Å²) in [6.45, 7) is 7.14. The second-order valence-electron chi connectivity index (χ2n) is 7.80. The van der Waals surface area contributed by atoms with Crippen LogP contribution in [0.15, 0.2) is 30.5 Å². The number of aryl methyl sites for hydroxylation is 1. The Bertz CT molecular complexity index is 973. The lowest BCUT2D eigenvalue weighted by atomic mass is 10.2. The fourth-order valence-electron chi connectivity index (χ4n) is 4.14. The van der Waals surface area contributed by atoms with Crippen molar-refractivity contribution in [3.05, 3.63) is 47.4 Å². The smallest absolute Gasteiger partial charge is 0.312 e. The van der Waals surface area contributed by atoms with Gasteiger partial charge in [0.1, 0.15) is 5.82 Å². The van der Waals surface area contributed by atoms with Crippen LogP contribution in [-0.4, -0.2) is 94.5 Å². The van der Waals surface area contributed by atoms with Crippen molar-refractivity contribution in [1.82, 2.24) is 24.3 Å². The maximum Gasteiger partial charge on any atom is 0.312 e. The van der Waals surface area contributed by atoms with Crippen molar-refractivity contribution in [1.29, 1.82) is 0 Å². The summed E-state index contributed by atoms with van der Waals surface area (Å²) in [4.78, 5) is 47.4. The Morgan fingerprint density at radius 1 is 0.871 bits per heavy atom. The number of rotatable bonds is 2. The second-order valence-corrected chi connectivity index (χ2v) is 7.80. The van der Waals surface area contributed by atoms with Crippen molar-refractivity contribution in [3.8, 4) is 5.82 Å². The highest BCUT2D eigenvalue weighted by Gasteiger charge is 2.32. The quantitative estimate of drug-likeness (QED) is 0.659. The van der Waals surface area contributed by atoms with E-state index in [1.54, 1.807) is 16.0 Å². The highest BCUT2D eigenvalue weighted by molar-refractivity contribution is 6.34. The second kappa shape index (κ2) is 8.89. The molecule has 0 atom stereocenters. The number of aromatic nitrogens is 2. The van der Waals surface area contributed by atoms with E-state index in [2.05, 4.69) is 4.98 Å². The molecule has 2 fully saturated rings. The molecule has 9 heteroatoms. The van der Waals surface area contributed by atoms with Crippen LogP contribution in [0.1, 0.15) is 21.7 Å². The summed E-state index contributed by atoms with van der Waals surface area (Å²) in [5.74, 6) is -0.278. The number of carbonyl (C=O) groups is 3. The number of piperazine rings is 1. The average molecular weight is 425 g/mol. The molecule has 0 radical (unpaired) electrons. The van der Waals surface area contributed by atoms with Crippen LogP contribution in [-0.2, 0) is 14.3 Å². The molecule has 31 heavy (non-hydrogen) atoms. The monoisotopic (exact) mass is 425 g/mol. The molecule has 0 bridgehead atoms. The predicted molar refractivity (Wildman–Crippen MR) is 113 cm³/mol. The van der Waals surface area contributed by atoms with Crippen molar-refractivity contribution in [2.24, 2.45) is 0 Å². The molecule has 0 aliphatic carbocycles. The van der Waals surface area contributed by atoms with E-state index in [1.165, 1.54) is 4.90 Å².